The second kappa shape index (κ2) is 7.37. The maximum atomic E-state index is 14.1. The van der Waals surface area contributed by atoms with Gasteiger partial charge in [-0.25, -0.2) is 18.0 Å². The minimum atomic E-state index is -4.75. The lowest BCUT2D eigenvalue weighted by molar-refractivity contribution is -0.141. The van der Waals surface area contributed by atoms with E-state index in [2.05, 4.69) is 10.4 Å². The Morgan fingerprint density at radius 3 is 2.39 bits per heavy atom. The fraction of sp³-hybridized carbons (Fsp3) is 0.111. The predicted molar refractivity (Wildman–Crippen MR) is 85.5 cm³/mol. The molecule has 4 nitrogen and oxygen atoms in total. The Morgan fingerprint density at radius 1 is 1.04 bits per heavy atom. The van der Waals surface area contributed by atoms with Crippen molar-refractivity contribution < 1.29 is 31.1 Å². The van der Waals surface area contributed by atoms with Crippen LogP contribution in [-0.4, -0.2) is 15.8 Å². The summed E-state index contributed by atoms with van der Waals surface area (Å²) in [6, 6.07) is 7.94. The van der Waals surface area contributed by atoms with Crippen LogP contribution in [0.1, 0.15) is 11.3 Å². The summed E-state index contributed by atoms with van der Waals surface area (Å²) >= 11 is 0. The highest BCUT2D eigenvalue weighted by atomic mass is 19.4. The summed E-state index contributed by atoms with van der Waals surface area (Å²) in [6.07, 6.45) is -4.03. The molecule has 1 radical (unpaired) electrons. The molecule has 1 N–H and O–H groups in total. The van der Waals surface area contributed by atoms with E-state index in [0.717, 1.165) is 6.20 Å². The molecule has 0 unspecified atom stereocenters. The highest BCUT2D eigenvalue weighted by Crippen LogP contribution is 2.29. The van der Waals surface area contributed by atoms with Crippen LogP contribution in [0.25, 0.3) is 11.1 Å². The Bertz CT molecular complexity index is 1030. The van der Waals surface area contributed by atoms with Gasteiger partial charge in [-0.1, -0.05) is 24.3 Å². The zero-order chi connectivity index (χ0) is 20.5. The van der Waals surface area contributed by atoms with Gasteiger partial charge >= 0.3 is 12.2 Å². The summed E-state index contributed by atoms with van der Waals surface area (Å²) in [6.45, 7) is -0.228. The summed E-state index contributed by atoms with van der Waals surface area (Å²) in [5.74, 6) is -3.60. The standard InChI is InChI=1S/C18H10F6N3O/c19-13-8-15(21)14(20)7-12(13)11-4-2-1-3-10(11)9-25-17(28)27-6-5-16(26-27)18(22,23)24/h1-4,6-8H,9H2,(H,25,28). The molecule has 2 aromatic carbocycles. The molecule has 1 aromatic heterocycles. The number of hydrogen-bond donors (Lipinski definition) is 1. The lowest BCUT2D eigenvalue weighted by Gasteiger charge is -2.12. The third-order valence-electron chi connectivity index (χ3n) is 3.76. The summed E-state index contributed by atoms with van der Waals surface area (Å²) in [7, 11) is 0. The first-order valence-corrected chi connectivity index (χ1v) is 7.72. The number of rotatable bonds is 3. The largest absolute Gasteiger partial charge is 0.435 e. The number of halogens is 6. The van der Waals surface area contributed by atoms with Gasteiger partial charge in [-0.2, -0.15) is 23.0 Å². The van der Waals surface area contributed by atoms with E-state index in [-0.39, 0.29) is 17.7 Å². The zero-order valence-corrected chi connectivity index (χ0v) is 13.8. The Balaban J connectivity index is 1.82. The number of aromatic nitrogens is 2. The first kappa shape index (κ1) is 19.5. The number of amides is 1. The molecule has 0 fully saturated rings. The summed E-state index contributed by atoms with van der Waals surface area (Å²) in [5.41, 5.74) is -1.07. The molecule has 0 spiro atoms. The minimum absolute atomic E-state index is 0.183. The second-order valence-corrected chi connectivity index (χ2v) is 5.63. The number of carbonyl (C=O) groups excluding carboxylic acids is 1. The number of nitrogens with zero attached hydrogens (tertiary/aromatic N) is 2. The first-order valence-electron chi connectivity index (χ1n) is 7.72. The molecule has 0 saturated carbocycles. The van der Waals surface area contributed by atoms with Crippen LogP contribution in [0.2, 0.25) is 0 Å². The van der Waals surface area contributed by atoms with Crippen LogP contribution in [0, 0.1) is 23.5 Å². The Labute approximate surface area is 154 Å². The Kier molecular flexibility index (Phi) is 5.12. The molecule has 1 amide bonds. The Morgan fingerprint density at radius 2 is 1.71 bits per heavy atom. The lowest BCUT2D eigenvalue weighted by Crippen LogP contribution is -2.29. The number of carbonyl (C=O) groups is 1. The van der Waals surface area contributed by atoms with E-state index in [1.165, 1.54) is 18.2 Å². The number of hydrogen-bond acceptors (Lipinski definition) is 2. The third-order valence-corrected chi connectivity index (χ3v) is 3.76. The van der Waals surface area contributed by atoms with Crippen LogP contribution in [-0.2, 0) is 12.7 Å². The fourth-order valence-electron chi connectivity index (χ4n) is 2.45. The third kappa shape index (κ3) is 4.00. The van der Waals surface area contributed by atoms with Crippen LogP contribution >= 0.6 is 0 Å². The molecule has 28 heavy (non-hydrogen) atoms. The molecule has 3 rings (SSSR count). The van der Waals surface area contributed by atoms with Crippen molar-refractivity contribution >= 4 is 6.03 Å². The van der Waals surface area contributed by atoms with Crippen molar-refractivity contribution in [3.63, 3.8) is 0 Å². The quantitative estimate of drug-likeness (QED) is 0.520. The van der Waals surface area contributed by atoms with E-state index >= 15 is 0 Å². The van der Waals surface area contributed by atoms with Crippen molar-refractivity contribution in [2.24, 2.45) is 0 Å². The highest BCUT2D eigenvalue weighted by molar-refractivity contribution is 5.76. The number of alkyl halides is 3. The molecule has 0 aliphatic rings. The smallest absolute Gasteiger partial charge is 0.332 e. The molecular weight excluding hydrogens is 388 g/mol. The Hall–Kier alpha value is -3.30. The van der Waals surface area contributed by atoms with E-state index in [4.69, 9.17) is 0 Å². The van der Waals surface area contributed by atoms with Gasteiger partial charge < -0.3 is 5.32 Å². The molecule has 0 saturated heterocycles. The SMILES string of the molecule is O=C(NCc1ccccc1-c1cc(F)c(F)cc1F)n1c[c]c(C(F)(F)F)n1. The molecule has 1 heterocycles. The van der Waals surface area contributed by atoms with E-state index in [1.54, 1.807) is 6.07 Å². The van der Waals surface area contributed by atoms with Gasteiger partial charge in [0.15, 0.2) is 17.3 Å². The van der Waals surface area contributed by atoms with Gasteiger partial charge in [0.25, 0.3) is 0 Å². The van der Waals surface area contributed by atoms with Gasteiger partial charge in [0.05, 0.1) is 0 Å². The van der Waals surface area contributed by atoms with Gasteiger partial charge in [0, 0.05) is 30.4 Å². The lowest BCUT2D eigenvalue weighted by atomic mass is 9.99. The van der Waals surface area contributed by atoms with Crippen LogP contribution in [0.5, 0.6) is 0 Å². The fourth-order valence-corrected chi connectivity index (χ4v) is 2.45. The van der Waals surface area contributed by atoms with Crippen molar-refractivity contribution in [2.45, 2.75) is 12.7 Å². The van der Waals surface area contributed by atoms with Crippen LogP contribution in [0.4, 0.5) is 31.1 Å². The van der Waals surface area contributed by atoms with Gasteiger partial charge in [0.1, 0.15) is 5.82 Å². The van der Waals surface area contributed by atoms with Crippen molar-refractivity contribution in [1.82, 2.24) is 15.1 Å². The van der Waals surface area contributed by atoms with Gasteiger partial charge in [-0.3, -0.25) is 0 Å². The van der Waals surface area contributed by atoms with Crippen molar-refractivity contribution in [3.8, 4) is 11.1 Å². The van der Waals surface area contributed by atoms with Gasteiger partial charge in [-0.05, 0) is 17.2 Å². The van der Waals surface area contributed by atoms with E-state index < -0.39 is 35.4 Å². The molecular formula is C18H10F6N3O. The van der Waals surface area contributed by atoms with Crippen molar-refractivity contribution in [1.29, 1.82) is 0 Å². The highest BCUT2D eigenvalue weighted by Gasteiger charge is 2.34. The van der Waals surface area contributed by atoms with E-state index in [0.29, 0.717) is 22.4 Å². The maximum absolute atomic E-state index is 14.1. The summed E-state index contributed by atoms with van der Waals surface area (Å²) < 4.78 is 78.7. The second-order valence-electron chi connectivity index (χ2n) is 5.63. The molecule has 10 heteroatoms. The van der Waals surface area contributed by atoms with Crippen molar-refractivity contribution in [2.75, 3.05) is 0 Å². The average Bonchev–Trinajstić information content (AvgIpc) is 3.14. The summed E-state index contributed by atoms with van der Waals surface area (Å²) in [5, 5.41) is 5.40. The molecule has 0 aliphatic carbocycles. The van der Waals surface area contributed by atoms with Crippen LogP contribution in [0.15, 0.2) is 42.6 Å². The maximum Gasteiger partial charge on any atom is 0.435 e. The van der Waals surface area contributed by atoms with E-state index in [1.807, 2.05) is 6.07 Å². The molecule has 0 bridgehead atoms. The summed E-state index contributed by atoms with van der Waals surface area (Å²) in [4.78, 5) is 12.0. The van der Waals surface area contributed by atoms with Gasteiger partial charge in [-0.15, -0.1) is 0 Å². The molecule has 0 atom stereocenters. The molecule has 145 valence electrons. The van der Waals surface area contributed by atoms with E-state index in [9.17, 15) is 31.1 Å². The predicted octanol–water partition coefficient (Wildman–Crippen LogP) is 4.54. The molecule has 0 aliphatic heterocycles. The minimum Gasteiger partial charge on any atom is -0.332 e. The topological polar surface area (TPSA) is 46.9 Å². The first-order chi connectivity index (χ1) is 13.2. The number of benzene rings is 2. The zero-order valence-electron chi connectivity index (χ0n) is 13.8. The van der Waals surface area contributed by atoms with Crippen molar-refractivity contribution in [3.05, 3.63) is 77.4 Å². The number of nitrogens with one attached hydrogen (secondary N) is 1. The normalized spacial score (nSPS) is 11.5. The monoisotopic (exact) mass is 398 g/mol. The molecule has 3 aromatic rings. The van der Waals surface area contributed by atoms with Gasteiger partial charge in [0.2, 0.25) is 0 Å². The van der Waals surface area contributed by atoms with Crippen LogP contribution in [0.3, 0.4) is 0 Å². The average molecular weight is 398 g/mol. The van der Waals surface area contributed by atoms with Crippen LogP contribution < -0.4 is 5.32 Å².